The van der Waals surface area contributed by atoms with Crippen molar-refractivity contribution in [1.82, 2.24) is 15.0 Å². The largest absolute Gasteiger partial charge is 0.456 e. The summed E-state index contributed by atoms with van der Waals surface area (Å²) in [7, 11) is 0. The number of benzene rings is 6. The first-order valence-corrected chi connectivity index (χ1v) is 14.6. The van der Waals surface area contributed by atoms with Crippen LogP contribution in [0.5, 0.6) is 0 Å². The van der Waals surface area contributed by atoms with Crippen molar-refractivity contribution in [2.24, 2.45) is 0 Å². The summed E-state index contributed by atoms with van der Waals surface area (Å²) in [6.07, 6.45) is 0.267. The van der Waals surface area contributed by atoms with Gasteiger partial charge in [-0.15, -0.1) is 0 Å². The molecule has 0 spiro atoms. The molecule has 0 aliphatic rings. The zero-order valence-electron chi connectivity index (χ0n) is 28.8. The standard InChI is InChI=1S/C40H25N3O2/c1-3-11-25(12-4-1)39-41-36(42-40(43-39)26-13-5-2-6-14-26)24-28-15-9-20-35-37(28)32-23-27(21-22-34(32)44-35)29-17-10-18-31-30-16-7-8-19-33(30)45-38(29)31/h1-23H,24H2/i1D,3D,4D,11D,12D. The van der Waals surface area contributed by atoms with Gasteiger partial charge in [-0.25, -0.2) is 15.0 Å². The smallest absolute Gasteiger partial charge is 0.163 e. The zero-order chi connectivity index (χ0) is 34.1. The second kappa shape index (κ2) is 10.3. The lowest BCUT2D eigenvalue weighted by Gasteiger charge is -2.09. The van der Waals surface area contributed by atoms with E-state index in [4.69, 9.17) is 25.7 Å². The highest BCUT2D eigenvalue weighted by Crippen LogP contribution is 2.39. The molecule has 0 aliphatic heterocycles. The molecule has 5 heteroatoms. The molecule has 0 atom stereocenters. The fourth-order valence-corrected chi connectivity index (χ4v) is 6.05. The lowest BCUT2D eigenvalue weighted by molar-refractivity contribution is 0.668. The minimum absolute atomic E-state index is 0.0105. The van der Waals surface area contributed by atoms with Crippen LogP contribution < -0.4 is 0 Å². The van der Waals surface area contributed by atoms with Gasteiger partial charge in [-0.05, 0) is 35.4 Å². The van der Waals surface area contributed by atoms with Crippen LogP contribution in [0.4, 0.5) is 0 Å². The van der Waals surface area contributed by atoms with E-state index in [1.165, 1.54) is 0 Å². The van der Waals surface area contributed by atoms with E-state index in [1.54, 1.807) is 0 Å². The molecule has 0 amide bonds. The Labute approximate surface area is 265 Å². The maximum absolute atomic E-state index is 8.60. The molecule has 0 bridgehead atoms. The Morgan fingerprint density at radius 3 is 2.16 bits per heavy atom. The Morgan fingerprint density at radius 1 is 0.533 bits per heavy atom. The van der Waals surface area contributed by atoms with Gasteiger partial charge in [0.15, 0.2) is 11.6 Å². The molecule has 0 saturated carbocycles. The van der Waals surface area contributed by atoms with Crippen LogP contribution in [0, 0.1) is 0 Å². The third-order valence-electron chi connectivity index (χ3n) is 8.08. The fraction of sp³-hybridized carbons (Fsp3) is 0.0250. The minimum atomic E-state index is -0.476. The van der Waals surface area contributed by atoms with Crippen molar-refractivity contribution in [1.29, 1.82) is 0 Å². The second-order valence-corrected chi connectivity index (χ2v) is 10.8. The lowest BCUT2D eigenvalue weighted by atomic mass is 9.98. The SMILES string of the molecule is [2H]c1c([2H])c([2H])c(-c2nc(Cc3cccc4oc5ccc(-c6cccc7c6oc6ccccc67)cc5c34)nc(-c3ccccc3)n2)c([2H])c1[2H]. The van der Waals surface area contributed by atoms with Crippen molar-refractivity contribution in [3.05, 3.63) is 151 Å². The molecule has 0 unspecified atom stereocenters. The predicted molar refractivity (Wildman–Crippen MR) is 180 cm³/mol. The van der Waals surface area contributed by atoms with Crippen LogP contribution in [0.1, 0.15) is 18.2 Å². The van der Waals surface area contributed by atoms with E-state index in [2.05, 4.69) is 29.2 Å². The second-order valence-electron chi connectivity index (χ2n) is 10.8. The first kappa shape index (κ1) is 20.8. The van der Waals surface area contributed by atoms with Gasteiger partial charge < -0.3 is 8.83 Å². The van der Waals surface area contributed by atoms with Gasteiger partial charge in [0.1, 0.15) is 28.2 Å². The first-order chi connectivity index (χ1) is 24.4. The summed E-state index contributed by atoms with van der Waals surface area (Å²) in [5, 5.41) is 3.95. The molecular formula is C40H25N3O2. The van der Waals surface area contributed by atoms with Gasteiger partial charge in [0.25, 0.3) is 0 Å². The van der Waals surface area contributed by atoms with Crippen LogP contribution in [0.3, 0.4) is 0 Å². The number of rotatable bonds is 5. The van der Waals surface area contributed by atoms with E-state index < -0.39 is 18.1 Å². The van der Waals surface area contributed by atoms with E-state index >= 15 is 0 Å². The van der Waals surface area contributed by atoms with E-state index in [-0.39, 0.29) is 29.9 Å². The maximum Gasteiger partial charge on any atom is 0.163 e. The molecule has 9 rings (SSSR count). The van der Waals surface area contributed by atoms with Crippen molar-refractivity contribution in [2.45, 2.75) is 6.42 Å². The normalized spacial score (nSPS) is 13.2. The van der Waals surface area contributed by atoms with E-state index in [0.29, 0.717) is 22.8 Å². The van der Waals surface area contributed by atoms with Crippen molar-refractivity contribution in [2.75, 3.05) is 0 Å². The number of para-hydroxylation sites is 2. The first-order valence-electron chi connectivity index (χ1n) is 17.1. The number of furan rings is 2. The average molecular weight is 585 g/mol. The van der Waals surface area contributed by atoms with Crippen molar-refractivity contribution < 1.29 is 15.7 Å². The molecule has 5 nitrogen and oxygen atoms in total. The van der Waals surface area contributed by atoms with Gasteiger partial charge in [0.05, 0.1) is 6.85 Å². The van der Waals surface area contributed by atoms with Crippen molar-refractivity contribution >= 4 is 43.9 Å². The van der Waals surface area contributed by atoms with Gasteiger partial charge >= 0.3 is 0 Å². The van der Waals surface area contributed by atoms with Crippen molar-refractivity contribution in [3.8, 4) is 33.9 Å². The summed E-state index contributed by atoms with van der Waals surface area (Å²) in [5.74, 6) is 0.727. The van der Waals surface area contributed by atoms with Crippen LogP contribution in [0.25, 0.3) is 77.8 Å². The minimum Gasteiger partial charge on any atom is -0.456 e. The van der Waals surface area contributed by atoms with Gasteiger partial charge in [-0.1, -0.05) is 115 Å². The van der Waals surface area contributed by atoms with E-state index in [1.807, 2.05) is 84.9 Å². The molecule has 45 heavy (non-hydrogen) atoms. The molecule has 0 saturated heterocycles. The number of hydrogen-bond acceptors (Lipinski definition) is 5. The van der Waals surface area contributed by atoms with Gasteiger partial charge in [-0.2, -0.15) is 0 Å². The number of hydrogen-bond donors (Lipinski definition) is 0. The molecule has 0 fully saturated rings. The van der Waals surface area contributed by atoms with Gasteiger partial charge in [0.2, 0.25) is 0 Å². The summed E-state index contributed by atoms with van der Waals surface area (Å²) >= 11 is 0. The average Bonchev–Trinajstić information content (AvgIpc) is 3.72. The molecule has 0 aliphatic carbocycles. The molecule has 6 aromatic carbocycles. The third kappa shape index (κ3) is 4.36. The fourth-order valence-electron chi connectivity index (χ4n) is 6.05. The molecule has 9 aromatic rings. The Hall–Kier alpha value is -6.07. The Bertz CT molecular complexity index is 2780. The van der Waals surface area contributed by atoms with Gasteiger partial charge in [0, 0.05) is 44.7 Å². The Morgan fingerprint density at radius 2 is 1.27 bits per heavy atom. The summed E-state index contributed by atoms with van der Waals surface area (Å²) in [6.45, 7) is 0. The summed E-state index contributed by atoms with van der Waals surface area (Å²) in [5.41, 5.74) is 6.58. The molecule has 3 aromatic heterocycles. The Kier molecular flexibility index (Phi) is 4.75. The summed E-state index contributed by atoms with van der Waals surface area (Å²) in [6, 6.07) is 33.4. The van der Waals surface area contributed by atoms with Crippen molar-refractivity contribution in [3.63, 3.8) is 0 Å². The molecule has 0 N–H and O–H groups in total. The van der Waals surface area contributed by atoms with Crippen LogP contribution in [-0.4, -0.2) is 15.0 Å². The maximum atomic E-state index is 8.60. The molecule has 0 radical (unpaired) electrons. The van der Waals surface area contributed by atoms with E-state index in [9.17, 15) is 0 Å². The third-order valence-corrected chi connectivity index (χ3v) is 8.08. The van der Waals surface area contributed by atoms with Crippen LogP contribution in [-0.2, 0) is 6.42 Å². The molecular weight excluding hydrogens is 554 g/mol. The predicted octanol–water partition coefficient (Wildman–Crippen LogP) is 10.3. The molecule has 212 valence electrons. The number of aromatic nitrogens is 3. The highest BCUT2D eigenvalue weighted by molar-refractivity contribution is 6.12. The zero-order valence-corrected chi connectivity index (χ0v) is 23.8. The summed E-state index contributed by atoms with van der Waals surface area (Å²) in [4.78, 5) is 14.2. The number of fused-ring (bicyclic) bond motifs is 6. The molecule has 3 heterocycles. The Balaban J connectivity index is 1.21. The number of nitrogens with zero attached hydrogens (tertiary/aromatic N) is 3. The highest BCUT2D eigenvalue weighted by atomic mass is 16.3. The van der Waals surface area contributed by atoms with Gasteiger partial charge in [-0.3, -0.25) is 0 Å². The monoisotopic (exact) mass is 584 g/mol. The van der Waals surface area contributed by atoms with Crippen LogP contribution in [0.2, 0.25) is 0 Å². The van der Waals surface area contributed by atoms with E-state index in [0.717, 1.165) is 55.0 Å². The highest BCUT2D eigenvalue weighted by Gasteiger charge is 2.17. The summed E-state index contributed by atoms with van der Waals surface area (Å²) < 4.78 is 54.4. The quantitative estimate of drug-likeness (QED) is 0.201. The lowest BCUT2D eigenvalue weighted by Crippen LogP contribution is -2.04. The van der Waals surface area contributed by atoms with Crippen LogP contribution in [0.15, 0.2) is 148 Å². The topological polar surface area (TPSA) is 65.0 Å². The van der Waals surface area contributed by atoms with Crippen LogP contribution >= 0.6 is 0 Å².